The second kappa shape index (κ2) is 12.2. The minimum Gasteiger partial charge on any atom is -0.497 e. The predicted molar refractivity (Wildman–Crippen MR) is 158 cm³/mol. The Morgan fingerprint density at radius 1 is 1.05 bits per heavy atom. The van der Waals surface area contributed by atoms with Crippen molar-refractivity contribution in [3.63, 3.8) is 0 Å². The monoisotopic (exact) mass is 545 g/mol. The van der Waals surface area contributed by atoms with Gasteiger partial charge >= 0.3 is 0 Å². The Morgan fingerprint density at radius 2 is 1.84 bits per heavy atom. The quantitative estimate of drug-likeness (QED) is 0.210. The van der Waals surface area contributed by atoms with Crippen LogP contribution >= 0.6 is 24.8 Å². The molecule has 194 valence electrons. The van der Waals surface area contributed by atoms with Crippen molar-refractivity contribution >= 4 is 40.6 Å². The third-order valence-electron chi connectivity index (χ3n) is 6.36. The molecule has 2 heterocycles. The molecule has 4 aromatic rings. The molecule has 0 saturated heterocycles. The van der Waals surface area contributed by atoms with Crippen LogP contribution in [0.2, 0.25) is 0 Å². The third-order valence-corrected chi connectivity index (χ3v) is 7.37. The van der Waals surface area contributed by atoms with E-state index in [2.05, 4.69) is 27.3 Å². The zero-order valence-electron chi connectivity index (χ0n) is 21.4. The summed E-state index contributed by atoms with van der Waals surface area (Å²) in [5, 5.41) is 14.6. The van der Waals surface area contributed by atoms with Crippen LogP contribution in [0.25, 0.3) is 21.2 Å². The van der Waals surface area contributed by atoms with Crippen molar-refractivity contribution in [2.75, 3.05) is 13.7 Å². The fourth-order valence-electron chi connectivity index (χ4n) is 4.48. The second-order valence-corrected chi connectivity index (χ2v) is 9.73. The van der Waals surface area contributed by atoms with E-state index in [9.17, 15) is 0 Å². The van der Waals surface area contributed by atoms with Crippen LogP contribution in [0.5, 0.6) is 11.5 Å². The van der Waals surface area contributed by atoms with E-state index in [-0.39, 0.29) is 31.8 Å². The molecule has 5 rings (SSSR count). The smallest absolute Gasteiger partial charge is 0.141 e. The molecular weight excluding hydrogens is 517 g/mol. The van der Waals surface area contributed by atoms with Crippen LogP contribution in [0, 0.1) is 24.6 Å². The molecule has 0 radical (unpaired) electrons. The fraction of sp³-hybridized carbons (Fsp3) is 0.233. The number of thiophene rings is 1. The van der Waals surface area contributed by atoms with Gasteiger partial charge in [0, 0.05) is 17.4 Å². The zero-order valence-corrected chi connectivity index (χ0v) is 23.2. The molecular formula is C30H28FN3O2S2. The highest BCUT2D eigenvalue weighted by Crippen LogP contribution is 2.38. The van der Waals surface area contributed by atoms with Gasteiger partial charge in [0.2, 0.25) is 0 Å². The molecule has 0 bridgehead atoms. The lowest BCUT2D eigenvalue weighted by Crippen LogP contribution is -2.07. The Kier molecular flexibility index (Phi) is 8.82. The number of ether oxygens (including phenoxy) is 2. The molecule has 0 saturated carbocycles. The van der Waals surface area contributed by atoms with Gasteiger partial charge in [0.1, 0.15) is 30.5 Å². The summed E-state index contributed by atoms with van der Waals surface area (Å²) in [6.45, 7) is 4.67. The van der Waals surface area contributed by atoms with Crippen molar-refractivity contribution in [3.05, 3.63) is 82.5 Å². The Balaban J connectivity index is 0.00000336. The predicted octanol–water partition coefficient (Wildman–Crippen LogP) is 8.04. The first-order chi connectivity index (χ1) is 18.1. The maximum Gasteiger partial charge on any atom is 0.141 e. The van der Waals surface area contributed by atoms with Gasteiger partial charge in [0.15, 0.2) is 0 Å². The summed E-state index contributed by atoms with van der Waals surface area (Å²) in [7, 11) is 1.65. The van der Waals surface area contributed by atoms with E-state index in [1.165, 1.54) is 11.3 Å². The van der Waals surface area contributed by atoms with E-state index in [1.807, 2.05) is 67.8 Å². The number of hydrogen-bond acceptors (Lipinski definition) is 6. The molecule has 38 heavy (non-hydrogen) atoms. The molecule has 1 aliphatic heterocycles. The molecule has 8 heteroatoms. The maximum atomic E-state index is 15.0. The van der Waals surface area contributed by atoms with Crippen LogP contribution < -0.4 is 9.47 Å². The average molecular weight is 546 g/mol. The lowest BCUT2D eigenvalue weighted by atomic mass is 9.94. The second-order valence-electron chi connectivity index (χ2n) is 8.85. The topological polar surface area (TPSA) is 55.5 Å². The summed E-state index contributed by atoms with van der Waals surface area (Å²) in [6.07, 6.45) is 0.698. The highest BCUT2D eigenvalue weighted by molar-refractivity contribution is 7.59. The molecule has 5 nitrogen and oxygen atoms in total. The first kappa shape index (κ1) is 27.4. The molecule has 0 aliphatic carbocycles. The number of benzene rings is 3. The van der Waals surface area contributed by atoms with Crippen molar-refractivity contribution in [2.45, 2.75) is 32.8 Å². The van der Waals surface area contributed by atoms with Gasteiger partial charge in [-0.2, -0.15) is 18.6 Å². The van der Waals surface area contributed by atoms with Crippen LogP contribution in [0.3, 0.4) is 0 Å². The summed E-state index contributed by atoms with van der Waals surface area (Å²) < 4.78 is 27.0. The van der Waals surface area contributed by atoms with Crippen LogP contribution in [0.1, 0.15) is 36.0 Å². The Bertz CT molecular complexity index is 1570. The SMILES string of the molecule is CC#C[C@@H](CC1=NN=NC1)c1ccc(OCc2cc(F)c3scc(-c4ccc(OC)cc4C)c3c2)cc1.S. The van der Waals surface area contributed by atoms with Gasteiger partial charge < -0.3 is 9.47 Å². The molecule has 1 aliphatic rings. The van der Waals surface area contributed by atoms with E-state index in [0.717, 1.165) is 44.7 Å². The number of nitrogens with zero attached hydrogens (tertiary/aromatic N) is 3. The number of fused-ring (bicyclic) bond motifs is 1. The van der Waals surface area contributed by atoms with Crippen LogP contribution in [0.15, 0.2) is 75.4 Å². The van der Waals surface area contributed by atoms with E-state index in [4.69, 9.17) is 9.47 Å². The standard InChI is InChI=1S/C30H26FN3O2S.H2S/c1-4-5-22(15-23-16-32-34-33-23)21-6-8-24(9-7-21)36-17-20-13-27-28(18-37-30(27)29(31)14-20)26-11-10-25(35-3)12-19(26)2;/h6-14,18,22H,15-17H2,1-3H3;1H2/t22-;/m0./s1. The highest BCUT2D eigenvalue weighted by atomic mass is 32.1. The number of aryl methyl sites for hydroxylation is 1. The average Bonchev–Trinajstić information content (AvgIpc) is 3.58. The van der Waals surface area contributed by atoms with Gasteiger partial charge in [-0.3, -0.25) is 0 Å². The lowest BCUT2D eigenvalue weighted by Gasteiger charge is -2.12. The summed E-state index contributed by atoms with van der Waals surface area (Å²) in [4.78, 5) is 0. The fourth-order valence-corrected chi connectivity index (χ4v) is 5.44. The van der Waals surface area contributed by atoms with Crippen molar-refractivity contribution in [1.29, 1.82) is 0 Å². The molecule has 0 spiro atoms. The highest BCUT2D eigenvalue weighted by Gasteiger charge is 2.16. The van der Waals surface area contributed by atoms with Crippen LogP contribution in [0.4, 0.5) is 4.39 Å². The zero-order chi connectivity index (χ0) is 25.8. The summed E-state index contributed by atoms with van der Waals surface area (Å²) >= 11 is 1.42. The van der Waals surface area contributed by atoms with Gasteiger partial charge in [-0.15, -0.1) is 22.4 Å². The van der Waals surface area contributed by atoms with Gasteiger partial charge in [-0.25, -0.2) is 4.39 Å². The van der Waals surface area contributed by atoms with Gasteiger partial charge in [-0.05, 0) is 83.1 Å². The summed E-state index contributed by atoms with van der Waals surface area (Å²) in [6, 6.07) is 17.4. The van der Waals surface area contributed by atoms with E-state index in [0.29, 0.717) is 23.4 Å². The molecule has 0 unspecified atom stereocenters. The molecule has 0 N–H and O–H groups in total. The first-order valence-corrected chi connectivity index (χ1v) is 12.9. The molecule has 1 atom stereocenters. The Hall–Kier alpha value is -3.67. The van der Waals surface area contributed by atoms with E-state index >= 15 is 4.39 Å². The third kappa shape index (κ3) is 5.90. The minimum absolute atomic E-state index is 0. The van der Waals surface area contributed by atoms with E-state index < -0.39 is 0 Å². The van der Waals surface area contributed by atoms with Crippen LogP contribution in [-0.4, -0.2) is 19.4 Å². The van der Waals surface area contributed by atoms with Crippen LogP contribution in [-0.2, 0) is 6.61 Å². The van der Waals surface area contributed by atoms with Crippen molar-refractivity contribution < 1.29 is 13.9 Å². The number of methoxy groups -OCH3 is 1. The largest absolute Gasteiger partial charge is 0.497 e. The number of halogens is 1. The molecule has 0 fully saturated rings. The van der Waals surface area contributed by atoms with Gasteiger partial charge in [0.05, 0.1) is 23.4 Å². The van der Waals surface area contributed by atoms with Crippen molar-refractivity contribution in [1.82, 2.24) is 0 Å². The number of hydrogen-bond donors (Lipinski definition) is 0. The summed E-state index contributed by atoms with van der Waals surface area (Å²) in [5.74, 6) is 7.57. The van der Waals surface area contributed by atoms with Gasteiger partial charge in [-0.1, -0.05) is 24.1 Å². The molecule has 1 aromatic heterocycles. The maximum absolute atomic E-state index is 15.0. The summed E-state index contributed by atoms with van der Waals surface area (Å²) in [5.41, 5.74) is 5.96. The first-order valence-electron chi connectivity index (χ1n) is 12.0. The van der Waals surface area contributed by atoms with Gasteiger partial charge in [0.25, 0.3) is 0 Å². The van der Waals surface area contributed by atoms with Crippen molar-refractivity contribution in [2.24, 2.45) is 15.4 Å². The molecule has 3 aromatic carbocycles. The number of rotatable bonds is 8. The Morgan fingerprint density at radius 3 is 2.53 bits per heavy atom. The van der Waals surface area contributed by atoms with Crippen molar-refractivity contribution in [3.8, 4) is 34.5 Å². The Labute approximate surface area is 232 Å². The normalized spacial score (nSPS) is 12.9. The lowest BCUT2D eigenvalue weighted by molar-refractivity contribution is 0.305. The molecule has 0 amide bonds. The minimum atomic E-state index is -0.233. The van der Waals surface area contributed by atoms with E-state index in [1.54, 1.807) is 13.2 Å².